The van der Waals surface area contributed by atoms with E-state index >= 15 is 0 Å². The van der Waals surface area contributed by atoms with Crippen LogP contribution in [0.25, 0.3) is 0 Å². The first-order valence-electron chi connectivity index (χ1n) is 9.34. The van der Waals surface area contributed by atoms with E-state index in [2.05, 4.69) is 6.92 Å². The first-order chi connectivity index (χ1) is 12.0. The van der Waals surface area contributed by atoms with Crippen molar-refractivity contribution in [2.75, 3.05) is 0 Å². The molecule has 4 heteroatoms. The monoisotopic (exact) mass is 341 g/mol. The van der Waals surface area contributed by atoms with Gasteiger partial charge in [0.05, 0.1) is 11.6 Å². The number of nitrogens with zero attached hydrogens (tertiary/aromatic N) is 1. The quantitative estimate of drug-likeness (QED) is 0.877. The second-order valence-electron chi connectivity index (χ2n) is 7.43. The highest BCUT2D eigenvalue weighted by Crippen LogP contribution is 2.43. The predicted octanol–water partition coefficient (Wildman–Crippen LogP) is 4.11. The lowest BCUT2D eigenvalue weighted by atomic mass is 9.90. The van der Waals surface area contributed by atoms with Crippen molar-refractivity contribution in [3.63, 3.8) is 0 Å². The van der Waals surface area contributed by atoms with E-state index in [1.165, 1.54) is 5.56 Å². The van der Waals surface area contributed by atoms with Gasteiger partial charge >= 0.3 is 0 Å². The van der Waals surface area contributed by atoms with Gasteiger partial charge in [0, 0.05) is 12.0 Å². The summed E-state index contributed by atoms with van der Waals surface area (Å²) in [6, 6.07) is 7.70. The van der Waals surface area contributed by atoms with E-state index < -0.39 is 6.04 Å². The molecule has 0 bridgehead atoms. The number of aryl methyl sites for hydroxylation is 1. The number of aliphatic hydroxyl groups excluding tert-OH is 1. The van der Waals surface area contributed by atoms with Crippen molar-refractivity contribution in [1.82, 2.24) is 4.90 Å². The predicted molar refractivity (Wildman–Crippen MR) is 97.2 cm³/mol. The molecule has 2 aliphatic rings. The number of hydrogen-bond acceptors (Lipinski definition) is 3. The topological polar surface area (TPSA) is 57.6 Å². The zero-order valence-electron chi connectivity index (χ0n) is 15.3. The number of hydrogen-bond donors (Lipinski definition) is 1. The number of carbonyl (C=O) groups excluding carboxylic acids is 2. The van der Waals surface area contributed by atoms with Gasteiger partial charge in [0.1, 0.15) is 0 Å². The molecular weight excluding hydrogens is 314 g/mol. The van der Waals surface area contributed by atoms with Crippen molar-refractivity contribution in [1.29, 1.82) is 0 Å². The Morgan fingerprint density at radius 1 is 1.20 bits per heavy atom. The molecule has 4 nitrogen and oxygen atoms in total. The van der Waals surface area contributed by atoms with Crippen LogP contribution < -0.4 is 0 Å². The molecule has 1 atom stereocenters. The van der Waals surface area contributed by atoms with Crippen LogP contribution in [0.1, 0.15) is 63.6 Å². The van der Waals surface area contributed by atoms with E-state index in [4.69, 9.17) is 0 Å². The van der Waals surface area contributed by atoms with Gasteiger partial charge in [-0.15, -0.1) is 0 Å². The number of rotatable bonds is 5. The van der Waals surface area contributed by atoms with E-state index in [1.54, 1.807) is 4.90 Å². The van der Waals surface area contributed by atoms with Gasteiger partial charge in [0.25, 0.3) is 5.91 Å². The molecule has 0 saturated heterocycles. The highest BCUT2D eigenvalue weighted by molar-refractivity contribution is 6.09. The molecule has 1 aliphatic heterocycles. The molecule has 1 fully saturated rings. The van der Waals surface area contributed by atoms with Crippen LogP contribution in [0.4, 0.5) is 0 Å². The molecule has 0 spiro atoms. The summed E-state index contributed by atoms with van der Waals surface area (Å²) < 4.78 is 0. The summed E-state index contributed by atoms with van der Waals surface area (Å²) >= 11 is 0. The van der Waals surface area contributed by atoms with Crippen LogP contribution in [0.15, 0.2) is 35.6 Å². The van der Waals surface area contributed by atoms with Crippen LogP contribution in [-0.2, 0) is 16.0 Å². The number of aliphatic hydroxyl groups is 1. The Balaban J connectivity index is 2.07. The second kappa shape index (κ2) is 7.03. The second-order valence-corrected chi connectivity index (χ2v) is 7.43. The van der Waals surface area contributed by atoms with Crippen molar-refractivity contribution in [2.24, 2.45) is 5.92 Å². The highest BCUT2D eigenvalue weighted by Gasteiger charge is 2.47. The largest absolute Gasteiger partial charge is 0.503 e. The van der Waals surface area contributed by atoms with E-state index in [1.807, 2.05) is 38.1 Å². The number of ketones is 1. The lowest BCUT2D eigenvalue weighted by Crippen LogP contribution is -2.38. The lowest BCUT2D eigenvalue weighted by Gasteiger charge is -2.32. The van der Waals surface area contributed by atoms with Gasteiger partial charge in [-0.05, 0) is 30.4 Å². The molecule has 1 N–H and O–H groups in total. The van der Waals surface area contributed by atoms with E-state index in [-0.39, 0.29) is 35.0 Å². The maximum atomic E-state index is 12.8. The van der Waals surface area contributed by atoms with E-state index in [9.17, 15) is 14.7 Å². The summed E-state index contributed by atoms with van der Waals surface area (Å²) in [7, 11) is 0. The zero-order valence-corrected chi connectivity index (χ0v) is 15.3. The minimum Gasteiger partial charge on any atom is -0.503 e. The van der Waals surface area contributed by atoms with Crippen LogP contribution >= 0.6 is 0 Å². The fourth-order valence-corrected chi connectivity index (χ4v) is 4.01. The fourth-order valence-electron chi connectivity index (χ4n) is 4.01. The third kappa shape index (κ3) is 3.10. The third-order valence-electron chi connectivity index (χ3n) is 5.46. The van der Waals surface area contributed by atoms with Gasteiger partial charge in [-0.2, -0.15) is 0 Å². The van der Waals surface area contributed by atoms with Gasteiger partial charge in [-0.25, -0.2) is 0 Å². The van der Waals surface area contributed by atoms with Crippen LogP contribution in [0.2, 0.25) is 0 Å². The zero-order chi connectivity index (χ0) is 18.1. The van der Waals surface area contributed by atoms with Gasteiger partial charge in [-0.3, -0.25) is 9.59 Å². The van der Waals surface area contributed by atoms with Crippen LogP contribution in [-0.4, -0.2) is 27.7 Å². The molecule has 1 heterocycles. The Hall–Kier alpha value is -2.10. The molecule has 0 aromatic heterocycles. The molecule has 1 aromatic carbocycles. The van der Waals surface area contributed by atoms with Gasteiger partial charge in [0.15, 0.2) is 11.5 Å². The Labute approximate surface area is 149 Å². The molecular formula is C21H27NO3. The molecule has 134 valence electrons. The molecule has 1 amide bonds. The number of Topliss-reactive ketones (excluding diaryl/α,β-unsaturated/α-hetero) is 1. The third-order valence-corrected chi connectivity index (χ3v) is 5.46. The molecule has 1 aliphatic carbocycles. The minimum atomic E-state index is -0.462. The molecule has 3 rings (SSSR count). The van der Waals surface area contributed by atoms with Crippen LogP contribution in [0, 0.1) is 5.92 Å². The minimum absolute atomic E-state index is 0.1000. The van der Waals surface area contributed by atoms with E-state index in [0.29, 0.717) is 0 Å². The highest BCUT2D eigenvalue weighted by atomic mass is 16.3. The first kappa shape index (κ1) is 17.7. The standard InChI is InChI=1S/C21H27NO3/c1-4-14-9-11-15(12-10-14)18-17(19(23)13(2)3)20(24)21(25)22(18)16-7-5-6-8-16/h9-13,16,18,24H,4-8H2,1-3H3. The van der Waals surface area contributed by atoms with Crippen LogP contribution in [0.5, 0.6) is 0 Å². The molecule has 1 saturated carbocycles. The first-order valence-corrected chi connectivity index (χ1v) is 9.34. The summed E-state index contributed by atoms with van der Waals surface area (Å²) in [5.74, 6) is -1.14. The van der Waals surface area contributed by atoms with Crippen LogP contribution in [0.3, 0.4) is 0 Å². The maximum Gasteiger partial charge on any atom is 0.290 e. The Kier molecular flexibility index (Phi) is 4.98. The van der Waals surface area contributed by atoms with Gasteiger partial charge in [-0.1, -0.05) is 57.9 Å². The SMILES string of the molecule is CCc1ccc(C2C(C(=O)C(C)C)=C(O)C(=O)N2C2CCCC2)cc1. The fraction of sp³-hybridized carbons (Fsp3) is 0.524. The lowest BCUT2D eigenvalue weighted by molar-refractivity contribution is -0.131. The van der Waals surface area contributed by atoms with Crippen molar-refractivity contribution < 1.29 is 14.7 Å². The Bertz CT molecular complexity index is 696. The normalized spacial score (nSPS) is 21.7. The summed E-state index contributed by atoms with van der Waals surface area (Å²) in [4.78, 5) is 27.3. The van der Waals surface area contributed by atoms with Crippen molar-refractivity contribution in [2.45, 2.75) is 65.0 Å². The summed E-state index contributed by atoms with van der Waals surface area (Å²) in [6.07, 6.45) is 4.99. The Morgan fingerprint density at radius 2 is 1.80 bits per heavy atom. The maximum absolute atomic E-state index is 12.8. The molecule has 0 radical (unpaired) electrons. The number of carbonyl (C=O) groups is 2. The number of benzene rings is 1. The van der Waals surface area contributed by atoms with Gasteiger partial charge in [0.2, 0.25) is 0 Å². The summed E-state index contributed by atoms with van der Waals surface area (Å²) in [5.41, 5.74) is 2.40. The van der Waals surface area contributed by atoms with Crippen molar-refractivity contribution >= 4 is 11.7 Å². The van der Waals surface area contributed by atoms with Gasteiger partial charge < -0.3 is 10.0 Å². The summed E-state index contributed by atoms with van der Waals surface area (Å²) in [5, 5.41) is 10.5. The molecule has 25 heavy (non-hydrogen) atoms. The average Bonchev–Trinajstić information content (AvgIpc) is 3.22. The smallest absolute Gasteiger partial charge is 0.290 e. The van der Waals surface area contributed by atoms with Crippen molar-refractivity contribution in [3.05, 3.63) is 46.7 Å². The van der Waals surface area contributed by atoms with E-state index in [0.717, 1.165) is 37.7 Å². The number of amides is 1. The summed E-state index contributed by atoms with van der Waals surface area (Å²) in [6.45, 7) is 5.71. The molecule has 1 unspecified atom stereocenters. The Morgan fingerprint density at radius 3 is 2.32 bits per heavy atom. The molecule has 1 aromatic rings. The average molecular weight is 341 g/mol. The van der Waals surface area contributed by atoms with Crippen molar-refractivity contribution in [3.8, 4) is 0 Å².